The van der Waals surface area contributed by atoms with Gasteiger partial charge in [0.15, 0.2) is 0 Å². The summed E-state index contributed by atoms with van der Waals surface area (Å²) in [5.74, 6) is -0.304. The average molecular weight is 586 g/mol. The van der Waals surface area contributed by atoms with Crippen molar-refractivity contribution in [1.29, 1.82) is 0 Å². The first-order valence-electron chi connectivity index (χ1n) is 12.9. The molecule has 0 heterocycles. The van der Waals surface area contributed by atoms with Crippen molar-refractivity contribution < 1.29 is 22.7 Å². The van der Waals surface area contributed by atoms with Crippen LogP contribution in [0.1, 0.15) is 39.7 Å². The van der Waals surface area contributed by atoms with Gasteiger partial charge in [-0.3, -0.25) is 13.9 Å². The molecule has 10 heteroatoms. The van der Waals surface area contributed by atoms with Crippen LogP contribution < -0.4 is 14.4 Å². The van der Waals surface area contributed by atoms with Crippen molar-refractivity contribution in [2.24, 2.45) is 0 Å². The maximum Gasteiger partial charge on any atom is 0.264 e. The van der Waals surface area contributed by atoms with Crippen molar-refractivity contribution in [1.82, 2.24) is 10.2 Å². The van der Waals surface area contributed by atoms with Crippen LogP contribution in [-0.4, -0.2) is 50.4 Å². The molecule has 0 fully saturated rings. The fourth-order valence-electron chi connectivity index (χ4n) is 4.16. The summed E-state index contributed by atoms with van der Waals surface area (Å²) in [7, 11) is -2.62. The molecule has 0 radical (unpaired) electrons. The van der Waals surface area contributed by atoms with E-state index in [2.05, 4.69) is 5.32 Å². The molecule has 0 bridgehead atoms. The van der Waals surface area contributed by atoms with Crippen molar-refractivity contribution in [3.8, 4) is 5.75 Å². The van der Waals surface area contributed by atoms with E-state index in [0.717, 1.165) is 9.87 Å². The van der Waals surface area contributed by atoms with Gasteiger partial charge in [-0.25, -0.2) is 8.42 Å². The molecule has 8 nitrogen and oxygen atoms in total. The molecule has 1 atom stereocenters. The lowest BCUT2D eigenvalue weighted by molar-refractivity contribution is -0.141. The topological polar surface area (TPSA) is 96.0 Å². The van der Waals surface area contributed by atoms with Crippen molar-refractivity contribution in [2.75, 3.05) is 18.0 Å². The van der Waals surface area contributed by atoms with Crippen molar-refractivity contribution in [2.45, 2.75) is 57.1 Å². The summed E-state index contributed by atoms with van der Waals surface area (Å²) in [5, 5.41) is 3.50. The Balaban J connectivity index is 2.06. The van der Waals surface area contributed by atoms with Crippen LogP contribution in [0.25, 0.3) is 0 Å². The number of carbonyl (C=O) groups excluding carboxylic acids is 2. The van der Waals surface area contributed by atoms with Crippen LogP contribution >= 0.6 is 11.6 Å². The Hall–Kier alpha value is -3.56. The maximum atomic E-state index is 14.1. The Morgan fingerprint density at radius 2 is 1.55 bits per heavy atom. The number of carbonyl (C=O) groups is 2. The predicted octanol–water partition coefficient (Wildman–Crippen LogP) is 5.27. The third-order valence-corrected chi connectivity index (χ3v) is 8.16. The highest BCUT2D eigenvalue weighted by molar-refractivity contribution is 7.92. The molecule has 0 aliphatic heterocycles. The zero-order valence-corrected chi connectivity index (χ0v) is 25.0. The largest absolute Gasteiger partial charge is 0.497 e. The van der Waals surface area contributed by atoms with Gasteiger partial charge >= 0.3 is 0 Å². The zero-order chi connectivity index (χ0) is 29.5. The first kappa shape index (κ1) is 31.0. The van der Waals surface area contributed by atoms with Gasteiger partial charge in [-0.1, -0.05) is 48.9 Å². The van der Waals surface area contributed by atoms with Crippen molar-refractivity contribution in [3.63, 3.8) is 0 Å². The number of amides is 2. The van der Waals surface area contributed by atoms with Crippen LogP contribution in [0.3, 0.4) is 0 Å². The number of benzene rings is 3. The van der Waals surface area contributed by atoms with E-state index in [0.29, 0.717) is 17.2 Å². The number of hydrogen-bond donors (Lipinski definition) is 1. The molecule has 0 saturated heterocycles. The molecule has 40 heavy (non-hydrogen) atoms. The van der Waals surface area contributed by atoms with Gasteiger partial charge in [0.05, 0.1) is 17.7 Å². The number of ether oxygens (including phenoxy) is 1. The minimum atomic E-state index is -4.14. The second-order valence-electron chi connectivity index (χ2n) is 10.3. The summed E-state index contributed by atoms with van der Waals surface area (Å²) >= 11 is 6.06. The van der Waals surface area contributed by atoms with Crippen LogP contribution in [0.4, 0.5) is 5.69 Å². The SMILES string of the molecule is CC[C@@H](C(=O)NC(C)(C)C)N(Cc1ccc(Cl)cc1)C(=O)CN(c1ccc(OC)cc1)S(=O)(=O)c1ccccc1. The molecule has 0 aliphatic rings. The Labute approximate surface area is 241 Å². The second kappa shape index (κ2) is 13.2. The zero-order valence-electron chi connectivity index (χ0n) is 23.4. The molecule has 1 N–H and O–H groups in total. The van der Waals surface area contributed by atoms with Gasteiger partial charge < -0.3 is 15.0 Å². The van der Waals surface area contributed by atoms with Crippen molar-refractivity contribution in [3.05, 3.63) is 89.4 Å². The molecular weight excluding hydrogens is 550 g/mol. The molecule has 0 aliphatic carbocycles. The van der Waals surface area contributed by atoms with Crippen LogP contribution in [0.2, 0.25) is 5.02 Å². The number of nitrogens with zero attached hydrogens (tertiary/aromatic N) is 2. The van der Waals surface area contributed by atoms with Gasteiger partial charge in [0.1, 0.15) is 18.3 Å². The predicted molar refractivity (Wildman–Crippen MR) is 158 cm³/mol. The molecule has 3 aromatic rings. The first-order valence-corrected chi connectivity index (χ1v) is 14.8. The molecule has 214 valence electrons. The molecule has 0 saturated carbocycles. The minimum Gasteiger partial charge on any atom is -0.497 e. The average Bonchev–Trinajstić information content (AvgIpc) is 2.92. The standard InChI is InChI=1S/C30H36ClN3O5S/c1-6-27(29(36)32-30(2,3)4)33(20-22-12-14-23(31)15-13-22)28(35)21-34(24-16-18-25(39-5)19-17-24)40(37,38)26-10-8-7-9-11-26/h7-19,27H,6,20-21H2,1-5H3,(H,32,36)/t27-/m0/s1. The maximum absolute atomic E-state index is 14.1. The summed E-state index contributed by atoms with van der Waals surface area (Å²) < 4.78 is 34.0. The third kappa shape index (κ3) is 7.99. The molecule has 0 spiro atoms. The summed E-state index contributed by atoms with van der Waals surface area (Å²) in [6.07, 6.45) is 0.329. The van der Waals surface area contributed by atoms with E-state index >= 15 is 0 Å². The fourth-order valence-corrected chi connectivity index (χ4v) is 5.72. The Morgan fingerprint density at radius 1 is 0.950 bits per heavy atom. The first-order chi connectivity index (χ1) is 18.9. The Kier molecular flexibility index (Phi) is 10.2. The number of hydrogen-bond acceptors (Lipinski definition) is 5. The number of nitrogens with one attached hydrogen (secondary N) is 1. The molecular formula is C30H36ClN3O5S. The molecule has 3 aromatic carbocycles. The van der Waals surface area contributed by atoms with Gasteiger partial charge in [0.25, 0.3) is 10.0 Å². The highest BCUT2D eigenvalue weighted by Crippen LogP contribution is 2.27. The van der Waals surface area contributed by atoms with Crippen molar-refractivity contribution >= 4 is 39.1 Å². The van der Waals surface area contributed by atoms with Gasteiger partial charge in [0.2, 0.25) is 11.8 Å². The minimum absolute atomic E-state index is 0.0420. The normalized spacial score (nSPS) is 12.3. The lowest BCUT2D eigenvalue weighted by Gasteiger charge is -2.34. The number of rotatable bonds is 11. The summed E-state index contributed by atoms with van der Waals surface area (Å²) in [4.78, 5) is 28.9. The van der Waals surface area contributed by atoms with E-state index in [-0.39, 0.29) is 23.0 Å². The number of halogens is 1. The van der Waals surface area contributed by atoms with E-state index in [1.807, 2.05) is 27.7 Å². The highest BCUT2D eigenvalue weighted by atomic mass is 35.5. The van der Waals surface area contributed by atoms with E-state index in [4.69, 9.17) is 16.3 Å². The van der Waals surface area contributed by atoms with E-state index < -0.39 is 34.1 Å². The summed E-state index contributed by atoms with van der Waals surface area (Å²) in [5.41, 5.74) is 0.518. The van der Waals surface area contributed by atoms with Crippen LogP contribution in [0, 0.1) is 0 Å². The van der Waals surface area contributed by atoms with E-state index in [9.17, 15) is 18.0 Å². The van der Waals surface area contributed by atoms with Crippen LogP contribution in [0.5, 0.6) is 5.75 Å². The summed E-state index contributed by atoms with van der Waals surface area (Å²) in [6, 6.07) is 20.5. The number of anilines is 1. The fraction of sp³-hybridized carbons (Fsp3) is 0.333. The lowest BCUT2D eigenvalue weighted by Crippen LogP contribution is -2.55. The highest BCUT2D eigenvalue weighted by Gasteiger charge is 2.34. The second-order valence-corrected chi connectivity index (χ2v) is 12.6. The monoisotopic (exact) mass is 585 g/mol. The van der Waals surface area contributed by atoms with E-state index in [1.165, 1.54) is 24.1 Å². The Morgan fingerprint density at radius 3 is 2.08 bits per heavy atom. The molecule has 2 amide bonds. The van der Waals surface area contributed by atoms with Gasteiger partial charge in [0, 0.05) is 17.1 Å². The smallest absolute Gasteiger partial charge is 0.264 e. The van der Waals surface area contributed by atoms with Gasteiger partial charge in [-0.15, -0.1) is 0 Å². The third-order valence-electron chi connectivity index (χ3n) is 6.12. The number of sulfonamides is 1. The number of methoxy groups -OCH3 is 1. The van der Waals surface area contributed by atoms with Crippen LogP contribution in [0.15, 0.2) is 83.8 Å². The van der Waals surface area contributed by atoms with Gasteiger partial charge in [-0.05, 0) is 81.3 Å². The van der Waals surface area contributed by atoms with Crippen LogP contribution in [-0.2, 0) is 26.2 Å². The molecule has 3 rings (SSSR count). The summed E-state index contributed by atoms with van der Waals surface area (Å²) in [6.45, 7) is 6.98. The lowest BCUT2D eigenvalue weighted by atomic mass is 10.1. The van der Waals surface area contributed by atoms with E-state index in [1.54, 1.807) is 66.7 Å². The quantitative estimate of drug-likeness (QED) is 0.331. The molecule has 0 aromatic heterocycles. The molecule has 0 unspecified atom stereocenters. The van der Waals surface area contributed by atoms with Gasteiger partial charge in [-0.2, -0.15) is 0 Å². The Bertz CT molecular complexity index is 1390.